The molecule has 0 saturated carbocycles. The van der Waals surface area contributed by atoms with E-state index in [1.807, 2.05) is 19.2 Å². The van der Waals surface area contributed by atoms with E-state index in [1.165, 1.54) is 24.3 Å². The van der Waals surface area contributed by atoms with Crippen LogP contribution in [0, 0.1) is 5.82 Å². The average Bonchev–Trinajstić information content (AvgIpc) is 3.08. The fraction of sp³-hybridized carbons (Fsp3) is 0.286. The molecule has 1 saturated heterocycles. The summed E-state index contributed by atoms with van der Waals surface area (Å²) in [5.41, 5.74) is 2.51. The van der Waals surface area contributed by atoms with Crippen LogP contribution in [0.5, 0.6) is 0 Å². The lowest BCUT2D eigenvalue weighted by Gasteiger charge is -2.34. The molecule has 0 bridgehead atoms. The molecule has 0 radical (unpaired) electrons. The molecule has 1 aliphatic rings. The zero-order valence-electron chi connectivity index (χ0n) is 16.5. The Bertz CT molecular complexity index is 994. The quantitative estimate of drug-likeness (QED) is 0.737. The molecule has 1 N–H and O–H groups in total. The van der Waals surface area contributed by atoms with Crippen LogP contribution in [-0.4, -0.2) is 58.8 Å². The lowest BCUT2D eigenvalue weighted by atomic mass is 10.1. The van der Waals surface area contributed by atoms with Crippen molar-refractivity contribution in [1.29, 1.82) is 0 Å². The average molecular weight is 394 g/mol. The third kappa shape index (κ3) is 3.97. The van der Waals surface area contributed by atoms with Crippen molar-refractivity contribution in [2.45, 2.75) is 0 Å². The molecule has 150 valence electrons. The molecule has 29 heavy (non-hydrogen) atoms. The fourth-order valence-corrected chi connectivity index (χ4v) is 3.56. The Balaban J connectivity index is 1.74. The van der Waals surface area contributed by atoms with E-state index in [-0.39, 0.29) is 11.7 Å². The molecule has 0 spiro atoms. The van der Waals surface area contributed by atoms with Gasteiger partial charge in [0.2, 0.25) is 0 Å². The van der Waals surface area contributed by atoms with Crippen molar-refractivity contribution in [3.05, 3.63) is 60.3 Å². The van der Waals surface area contributed by atoms with E-state index in [1.54, 1.807) is 17.1 Å². The van der Waals surface area contributed by atoms with Crippen molar-refractivity contribution in [2.24, 2.45) is 7.05 Å². The minimum absolute atomic E-state index is 0.331. The predicted molar refractivity (Wildman–Crippen MR) is 111 cm³/mol. The summed E-state index contributed by atoms with van der Waals surface area (Å²) in [6.45, 7) is 3.59. The van der Waals surface area contributed by atoms with Gasteiger partial charge in [0, 0.05) is 51.3 Å². The van der Waals surface area contributed by atoms with Crippen LogP contribution in [0.2, 0.25) is 0 Å². The zero-order chi connectivity index (χ0) is 20.4. The number of benzene rings is 1. The van der Waals surface area contributed by atoms with E-state index < -0.39 is 0 Å². The van der Waals surface area contributed by atoms with Crippen LogP contribution in [0.3, 0.4) is 0 Å². The Morgan fingerprint density at radius 2 is 1.66 bits per heavy atom. The Labute approximate surface area is 168 Å². The van der Waals surface area contributed by atoms with E-state index >= 15 is 0 Å². The number of rotatable bonds is 4. The predicted octanol–water partition coefficient (Wildman–Crippen LogP) is 2.63. The highest BCUT2D eigenvalue weighted by Gasteiger charge is 2.28. The van der Waals surface area contributed by atoms with Crippen LogP contribution in [0.25, 0.3) is 11.1 Å². The number of hydrogen-bond donors (Lipinski definition) is 1. The number of carbonyl (C=O) groups excluding carboxylic acids is 1. The smallest absolute Gasteiger partial charge is 0.276 e. The van der Waals surface area contributed by atoms with Crippen molar-refractivity contribution >= 4 is 17.4 Å². The first kappa shape index (κ1) is 19.1. The van der Waals surface area contributed by atoms with Crippen LogP contribution >= 0.6 is 0 Å². The van der Waals surface area contributed by atoms with E-state index in [0.717, 1.165) is 43.1 Å². The van der Waals surface area contributed by atoms with Gasteiger partial charge in [0.05, 0.1) is 5.56 Å². The van der Waals surface area contributed by atoms with Gasteiger partial charge in [-0.05, 0) is 49.0 Å². The molecule has 8 heteroatoms. The summed E-state index contributed by atoms with van der Waals surface area (Å²) in [6, 6.07) is 9.45. The minimum atomic E-state index is -0.351. The van der Waals surface area contributed by atoms with Gasteiger partial charge in [0.25, 0.3) is 5.91 Å². The number of aryl methyl sites for hydroxylation is 1. The SMILES string of the molecule is CN1CCN(c2c(-c3ccncc3)c(C(=O)Nc3ccc(F)cc3)nn2C)CC1. The number of halogens is 1. The summed E-state index contributed by atoms with van der Waals surface area (Å²) in [6.07, 6.45) is 3.41. The fourth-order valence-electron chi connectivity index (χ4n) is 3.56. The summed E-state index contributed by atoms with van der Waals surface area (Å²) >= 11 is 0. The Morgan fingerprint density at radius 3 is 2.31 bits per heavy atom. The third-order valence-electron chi connectivity index (χ3n) is 5.11. The van der Waals surface area contributed by atoms with Gasteiger partial charge in [0.15, 0.2) is 5.69 Å². The van der Waals surface area contributed by atoms with Crippen LogP contribution < -0.4 is 10.2 Å². The standard InChI is InChI=1S/C21H23FN6O/c1-26-11-13-28(14-12-26)21-18(15-7-9-23-10-8-15)19(25-27(21)2)20(29)24-17-5-3-16(22)4-6-17/h3-10H,11-14H2,1-2H3,(H,24,29). The van der Waals surface area contributed by atoms with Crippen molar-refractivity contribution in [1.82, 2.24) is 19.7 Å². The van der Waals surface area contributed by atoms with Crippen LogP contribution in [0.4, 0.5) is 15.9 Å². The lowest BCUT2D eigenvalue weighted by Crippen LogP contribution is -2.45. The maximum atomic E-state index is 13.2. The lowest BCUT2D eigenvalue weighted by molar-refractivity contribution is 0.102. The molecule has 0 aliphatic carbocycles. The summed E-state index contributed by atoms with van der Waals surface area (Å²) in [7, 11) is 3.96. The van der Waals surface area contributed by atoms with Gasteiger partial charge in [-0.3, -0.25) is 14.5 Å². The normalized spacial score (nSPS) is 14.8. The second-order valence-electron chi connectivity index (χ2n) is 7.16. The third-order valence-corrected chi connectivity index (χ3v) is 5.11. The van der Waals surface area contributed by atoms with E-state index in [2.05, 4.69) is 32.2 Å². The van der Waals surface area contributed by atoms with Gasteiger partial charge in [0.1, 0.15) is 11.6 Å². The number of pyridine rings is 1. The summed E-state index contributed by atoms with van der Waals surface area (Å²) < 4.78 is 14.9. The molecule has 1 aliphatic heterocycles. The summed E-state index contributed by atoms with van der Waals surface area (Å²) in [4.78, 5) is 21.7. The Kier molecular flexibility index (Phi) is 5.26. The molecule has 3 heterocycles. The first-order chi connectivity index (χ1) is 14.0. The van der Waals surface area contributed by atoms with Crippen molar-refractivity contribution in [2.75, 3.05) is 43.4 Å². The van der Waals surface area contributed by atoms with E-state index in [0.29, 0.717) is 11.4 Å². The highest BCUT2D eigenvalue weighted by Crippen LogP contribution is 2.34. The molecular formula is C21H23FN6O. The van der Waals surface area contributed by atoms with E-state index in [4.69, 9.17) is 0 Å². The second-order valence-corrected chi connectivity index (χ2v) is 7.16. The Hall–Kier alpha value is -3.26. The number of hydrogen-bond acceptors (Lipinski definition) is 5. The second kappa shape index (κ2) is 8.00. The molecule has 1 amide bonds. The molecule has 4 rings (SSSR count). The van der Waals surface area contributed by atoms with Crippen molar-refractivity contribution < 1.29 is 9.18 Å². The number of nitrogens with zero attached hydrogens (tertiary/aromatic N) is 5. The molecule has 3 aromatic rings. The molecule has 1 aromatic carbocycles. The molecular weight excluding hydrogens is 371 g/mol. The van der Waals surface area contributed by atoms with Gasteiger partial charge in [-0.15, -0.1) is 0 Å². The monoisotopic (exact) mass is 394 g/mol. The van der Waals surface area contributed by atoms with Gasteiger partial charge in [-0.25, -0.2) is 4.39 Å². The molecule has 0 unspecified atom stereocenters. The maximum Gasteiger partial charge on any atom is 0.276 e. The molecule has 7 nitrogen and oxygen atoms in total. The highest BCUT2D eigenvalue weighted by molar-refractivity contribution is 6.09. The zero-order valence-corrected chi connectivity index (χ0v) is 16.5. The van der Waals surface area contributed by atoms with Crippen molar-refractivity contribution in [3.63, 3.8) is 0 Å². The number of aromatic nitrogens is 3. The van der Waals surface area contributed by atoms with Gasteiger partial charge < -0.3 is 15.1 Å². The number of nitrogens with one attached hydrogen (secondary N) is 1. The summed E-state index contributed by atoms with van der Waals surface area (Å²) in [5.74, 6) is 0.226. The minimum Gasteiger partial charge on any atom is -0.354 e. The number of likely N-dealkylation sites (N-methyl/N-ethyl adjacent to an activating group) is 1. The summed E-state index contributed by atoms with van der Waals surface area (Å²) in [5, 5.41) is 7.37. The first-order valence-corrected chi connectivity index (χ1v) is 9.51. The largest absolute Gasteiger partial charge is 0.354 e. The molecule has 1 fully saturated rings. The number of carbonyl (C=O) groups is 1. The first-order valence-electron chi connectivity index (χ1n) is 9.51. The molecule has 0 atom stereocenters. The van der Waals surface area contributed by atoms with Gasteiger partial charge in [-0.1, -0.05) is 0 Å². The van der Waals surface area contributed by atoms with Crippen LogP contribution in [0.1, 0.15) is 10.5 Å². The topological polar surface area (TPSA) is 66.3 Å². The van der Waals surface area contributed by atoms with E-state index in [9.17, 15) is 9.18 Å². The van der Waals surface area contributed by atoms with Gasteiger partial charge in [-0.2, -0.15) is 5.10 Å². The highest BCUT2D eigenvalue weighted by atomic mass is 19.1. The Morgan fingerprint density at radius 1 is 1.00 bits per heavy atom. The van der Waals surface area contributed by atoms with Crippen LogP contribution in [-0.2, 0) is 7.05 Å². The number of anilines is 2. The molecule has 2 aromatic heterocycles. The number of amides is 1. The number of piperazine rings is 1. The van der Waals surface area contributed by atoms with Crippen LogP contribution in [0.15, 0.2) is 48.8 Å². The van der Waals surface area contributed by atoms with Gasteiger partial charge >= 0.3 is 0 Å². The maximum absolute atomic E-state index is 13.2. The van der Waals surface area contributed by atoms with Crippen molar-refractivity contribution in [3.8, 4) is 11.1 Å².